The van der Waals surface area contributed by atoms with Gasteiger partial charge >= 0.3 is 0 Å². The van der Waals surface area contributed by atoms with Crippen molar-refractivity contribution < 1.29 is 9.47 Å². The normalized spacial score (nSPS) is 25.5. The number of ether oxygens (including phenoxy) is 2. The first-order chi connectivity index (χ1) is 9.20. The second kappa shape index (κ2) is 4.78. The zero-order valence-electron chi connectivity index (χ0n) is 11.7. The summed E-state index contributed by atoms with van der Waals surface area (Å²) in [6, 6.07) is 6.75. The van der Waals surface area contributed by atoms with E-state index < -0.39 is 0 Å². The molecule has 1 aromatic carbocycles. The van der Waals surface area contributed by atoms with E-state index in [2.05, 4.69) is 24.1 Å². The van der Waals surface area contributed by atoms with Crippen molar-refractivity contribution in [3.05, 3.63) is 29.3 Å². The molecule has 2 aliphatic rings. The largest absolute Gasteiger partial charge is 0.497 e. The third-order valence-electron chi connectivity index (χ3n) is 4.59. The Balaban J connectivity index is 2.04. The van der Waals surface area contributed by atoms with E-state index in [0.29, 0.717) is 12.6 Å². The molecule has 3 rings (SSSR count). The van der Waals surface area contributed by atoms with Gasteiger partial charge < -0.3 is 15.2 Å². The van der Waals surface area contributed by atoms with Crippen LogP contribution in [0.1, 0.15) is 17.2 Å². The molecular weight excluding hydrogens is 240 g/mol. The number of hydrogen-bond acceptors (Lipinski definition) is 4. The van der Waals surface area contributed by atoms with Gasteiger partial charge in [-0.25, -0.2) is 0 Å². The van der Waals surface area contributed by atoms with E-state index in [0.717, 1.165) is 31.9 Å². The number of methoxy groups -OCH3 is 1. The van der Waals surface area contributed by atoms with E-state index >= 15 is 0 Å². The van der Waals surface area contributed by atoms with E-state index in [9.17, 15) is 0 Å². The van der Waals surface area contributed by atoms with Crippen molar-refractivity contribution in [2.24, 2.45) is 11.1 Å². The molecule has 0 amide bonds. The second-order valence-corrected chi connectivity index (χ2v) is 5.76. The molecular formula is C15H22N2O2. The van der Waals surface area contributed by atoms with Crippen LogP contribution in [0.15, 0.2) is 18.2 Å². The minimum atomic E-state index is 0.0658. The maximum atomic E-state index is 6.05. The molecule has 0 radical (unpaired) electrons. The fraction of sp³-hybridized carbons (Fsp3) is 0.600. The van der Waals surface area contributed by atoms with Gasteiger partial charge in [-0.3, -0.25) is 4.90 Å². The van der Waals surface area contributed by atoms with Crippen molar-refractivity contribution in [2.45, 2.75) is 12.5 Å². The van der Waals surface area contributed by atoms with Gasteiger partial charge in [0.15, 0.2) is 0 Å². The minimum Gasteiger partial charge on any atom is -0.497 e. The van der Waals surface area contributed by atoms with Gasteiger partial charge in [0.25, 0.3) is 0 Å². The quantitative estimate of drug-likeness (QED) is 0.889. The molecule has 1 aromatic rings. The van der Waals surface area contributed by atoms with Crippen molar-refractivity contribution in [3.63, 3.8) is 0 Å². The lowest BCUT2D eigenvalue weighted by Crippen LogP contribution is -2.57. The number of hydrogen-bond donors (Lipinski definition) is 1. The van der Waals surface area contributed by atoms with E-state index in [1.54, 1.807) is 7.11 Å². The molecule has 19 heavy (non-hydrogen) atoms. The molecule has 4 nitrogen and oxygen atoms in total. The van der Waals surface area contributed by atoms with Crippen molar-refractivity contribution in [1.82, 2.24) is 4.90 Å². The van der Waals surface area contributed by atoms with Crippen LogP contribution in [0.5, 0.6) is 5.75 Å². The molecule has 0 spiro atoms. The number of nitrogens with zero attached hydrogens (tertiary/aromatic N) is 1. The highest BCUT2D eigenvalue weighted by Crippen LogP contribution is 2.46. The molecule has 104 valence electrons. The first-order valence-electron chi connectivity index (χ1n) is 6.85. The van der Waals surface area contributed by atoms with Crippen LogP contribution >= 0.6 is 0 Å². The molecule has 0 aromatic heterocycles. The standard InChI is InChI=1S/C15H22N2O2/c1-17-6-5-11-3-4-12(18-2)7-13(11)14(17)15(8-16)9-19-10-15/h3-4,7,14H,5-6,8-10,16H2,1-2H3. The number of nitrogens with two attached hydrogens (primary N) is 1. The van der Waals surface area contributed by atoms with Crippen molar-refractivity contribution in [3.8, 4) is 5.75 Å². The summed E-state index contributed by atoms with van der Waals surface area (Å²) >= 11 is 0. The Bertz CT molecular complexity index is 466. The number of benzene rings is 1. The Morgan fingerprint density at radius 1 is 1.47 bits per heavy atom. The maximum absolute atomic E-state index is 6.05. The molecule has 1 unspecified atom stereocenters. The third-order valence-corrected chi connectivity index (χ3v) is 4.59. The molecule has 4 heteroatoms. The summed E-state index contributed by atoms with van der Waals surface area (Å²) in [7, 11) is 3.90. The summed E-state index contributed by atoms with van der Waals surface area (Å²) in [4.78, 5) is 2.41. The average molecular weight is 262 g/mol. The Kier molecular flexibility index (Phi) is 3.25. The van der Waals surface area contributed by atoms with Crippen LogP contribution in [0, 0.1) is 5.41 Å². The zero-order chi connectivity index (χ0) is 13.5. The third kappa shape index (κ3) is 1.95. The first-order valence-corrected chi connectivity index (χ1v) is 6.85. The number of rotatable bonds is 3. The first kappa shape index (κ1) is 12.9. The zero-order valence-corrected chi connectivity index (χ0v) is 11.7. The summed E-state index contributed by atoms with van der Waals surface area (Å²) in [5, 5.41) is 0. The highest BCUT2D eigenvalue weighted by atomic mass is 16.5. The summed E-state index contributed by atoms with van der Waals surface area (Å²) in [5.74, 6) is 0.923. The lowest BCUT2D eigenvalue weighted by atomic mass is 9.71. The minimum absolute atomic E-state index is 0.0658. The van der Waals surface area contributed by atoms with Gasteiger partial charge in [0.2, 0.25) is 0 Å². The lowest BCUT2D eigenvalue weighted by Gasteiger charge is -2.52. The Morgan fingerprint density at radius 3 is 2.84 bits per heavy atom. The van der Waals surface area contributed by atoms with Crippen LogP contribution in [0.2, 0.25) is 0 Å². The smallest absolute Gasteiger partial charge is 0.119 e. The molecule has 2 aliphatic heterocycles. The molecule has 0 aliphatic carbocycles. The van der Waals surface area contributed by atoms with Crippen LogP contribution in [-0.2, 0) is 11.2 Å². The summed E-state index contributed by atoms with van der Waals surface area (Å²) in [5.41, 5.74) is 8.90. The number of likely N-dealkylation sites (N-methyl/N-ethyl adjacent to an activating group) is 1. The van der Waals surface area contributed by atoms with Crippen molar-refractivity contribution in [1.29, 1.82) is 0 Å². The number of fused-ring (bicyclic) bond motifs is 1. The van der Waals surface area contributed by atoms with Crippen LogP contribution in [0.3, 0.4) is 0 Å². The van der Waals surface area contributed by atoms with Crippen LogP contribution < -0.4 is 10.5 Å². The monoisotopic (exact) mass is 262 g/mol. The van der Waals surface area contributed by atoms with Crippen molar-refractivity contribution >= 4 is 0 Å². The highest BCUT2D eigenvalue weighted by Gasteiger charge is 2.48. The van der Waals surface area contributed by atoms with Gasteiger partial charge in [0, 0.05) is 24.5 Å². The average Bonchev–Trinajstić information content (AvgIpc) is 2.40. The van der Waals surface area contributed by atoms with Gasteiger partial charge in [0.05, 0.1) is 20.3 Å². The predicted molar refractivity (Wildman–Crippen MR) is 74.4 cm³/mol. The fourth-order valence-corrected chi connectivity index (χ4v) is 3.39. The Morgan fingerprint density at radius 2 is 2.26 bits per heavy atom. The van der Waals surface area contributed by atoms with E-state index in [-0.39, 0.29) is 5.41 Å². The van der Waals surface area contributed by atoms with Gasteiger partial charge in [-0.1, -0.05) is 6.07 Å². The molecule has 2 N–H and O–H groups in total. The maximum Gasteiger partial charge on any atom is 0.119 e. The van der Waals surface area contributed by atoms with Gasteiger partial charge in [-0.05, 0) is 36.7 Å². The van der Waals surface area contributed by atoms with Gasteiger partial charge in [-0.2, -0.15) is 0 Å². The van der Waals surface area contributed by atoms with E-state index in [4.69, 9.17) is 15.2 Å². The van der Waals surface area contributed by atoms with Crippen molar-refractivity contribution in [2.75, 3.05) is 40.5 Å². The fourth-order valence-electron chi connectivity index (χ4n) is 3.39. The topological polar surface area (TPSA) is 47.7 Å². The lowest BCUT2D eigenvalue weighted by molar-refractivity contribution is -0.150. The molecule has 1 atom stereocenters. The van der Waals surface area contributed by atoms with Gasteiger partial charge in [0.1, 0.15) is 5.75 Å². The summed E-state index contributed by atoms with van der Waals surface area (Å²) < 4.78 is 10.8. The van der Waals surface area contributed by atoms with E-state index in [1.807, 2.05) is 6.07 Å². The SMILES string of the molecule is COc1ccc2c(c1)C(C1(CN)COC1)N(C)CC2. The molecule has 1 fully saturated rings. The summed E-state index contributed by atoms with van der Waals surface area (Å²) in [6.45, 7) is 3.26. The Hall–Kier alpha value is -1.10. The second-order valence-electron chi connectivity index (χ2n) is 5.76. The predicted octanol–water partition coefficient (Wildman–Crippen LogP) is 1.20. The van der Waals surface area contributed by atoms with Gasteiger partial charge in [-0.15, -0.1) is 0 Å². The molecule has 0 bridgehead atoms. The van der Waals surface area contributed by atoms with E-state index in [1.165, 1.54) is 11.1 Å². The molecule has 2 heterocycles. The van der Waals surface area contributed by atoms with Crippen LogP contribution in [0.4, 0.5) is 0 Å². The summed E-state index contributed by atoms with van der Waals surface area (Å²) in [6.07, 6.45) is 1.09. The molecule has 0 saturated carbocycles. The van der Waals surface area contributed by atoms with Crippen LogP contribution in [0.25, 0.3) is 0 Å². The van der Waals surface area contributed by atoms with Crippen LogP contribution in [-0.4, -0.2) is 45.4 Å². The Labute approximate surface area is 114 Å². The highest BCUT2D eigenvalue weighted by molar-refractivity contribution is 5.41. The molecule has 1 saturated heterocycles.